The van der Waals surface area contributed by atoms with E-state index >= 15 is 0 Å². The van der Waals surface area contributed by atoms with Gasteiger partial charge in [0.15, 0.2) is 5.69 Å². The molecule has 1 unspecified atom stereocenters. The Balaban J connectivity index is 1.77. The molecule has 0 aliphatic heterocycles. The Morgan fingerprint density at radius 2 is 1.95 bits per heavy atom. The molecule has 3 rings (SSSR count). The first-order chi connectivity index (χ1) is 10.7. The SMILES string of the molecule is CC(CN)c1ccc(C2(Oc3ccc(C#N)nn3)CC2)cc1. The minimum absolute atomic E-state index is 0.289. The lowest BCUT2D eigenvalue weighted by Gasteiger charge is -2.18. The Kier molecular flexibility index (Phi) is 3.78. The first kappa shape index (κ1) is 14.5. The van der Waals surface area contributed by atoms with Crippen molar-refractivity contribution in [1.29, 1.82) is 5.26 Å². The van der Waals surface area contributed by atoms with E-state index in [-0.39, 0.29) is 11.3 Å². The van der Waals surface area contributed by atoms with Gasteiger partial charge in [-0.3, -0.25) is 0 Å². The predicted octanol–water partition coefficient (Wildman–Crippen LogP) is 2.48. The van der Waals surface area contributed by atoms with Gasteiger partial charge in [0.25, 0.3) is 0 Å². The summed E-state index contributed by atoms with van der Waals surface area (Å²) < 4.78 is 6.02. The van der Waals surface area contributed by atoms with E-state index in [0.29, 0.717) is 18.3 Å². The summed E-state index contributed by atoms with van der Waals surface area (Å²) >= 11 is 0. The van der Waals surface area contributed by atoms with Crippen LogP contribution in [0, 0.1) is 11.3 Å². The van der Waals surface area contributed by atoms with Crippen molar-refractivity contribution in [2.24, 2.45) is 5.73 Å². The summed E-state index contributed by atoms with van der Waals surface area (Å²) in [6.45, 7) is 2.76. The number of nitriles is 1. The first-order valence-electron chi connectivity index (χ1n) is 7.40. The smallest absolute Gasteiger partial charge is 0.234 e. The highest BCUT2D eigenvalue weighted by molar-refractivity contribution is 5.34. The maximum Gasteiger partial charge on any atom is 0.234 e. The molecule has 0 amide bonds. The van der Waals surface area contributed by atoms with Crippen LogP contribution in [0.4, 0.5) is 0 Å². The zero-order valence-electron chi connectivity index (χ0n) is 12.5. The fourth-order valence-corrected chi connectivity index (χ4v) is 2.45. The minimum Gasteiger partial charge on any atom is -0.465 e. The van der Waals surface area contributed by atoms with Crippen LogP contribution < -0.4 is 10.5 Å². The third-order valence-corrected chi connectivity index (χ3v) is 4.12. The van der Waals surface area contributed by atoms with Crippen LogP contribution in [0.25, 0.3) is 0 Å². The largest absolute Gasteiger partial charge is 0.465 e. The topological polar surface area (TPSA) is 84.8 Å². The van der Waals surface area contributed by atoms with Gasteiger partial charge in [0.05, 0.1) is 0 Å². The van der Waals surface area contributed by atoms with Crippen molar-refractivity contribution in [3.05, 3.63) is 53.2 Å². The molecule has 0 radical (unpaired) electrons. The molecule has 0 saturated heterocycles. The minimum atomic E-state index is -0.298. The van der Waals surface area contributed by atoms with Crippen LogP contribution in [-0.2, 0) is 5.60 Å². The normalized spacial score (nSPS) is 16.6. The lowest BCUT2D eigenvalue weighted by molar-refractivity contribution is 0.170. The van der Waals surface area contributed by atoms with Gasteiger partial charge in [0.1, 0.15) is 11.7 Å². The molecule has 1 aromatic heterocycles. The Morgan fingerprint density at radius 1 is 1.23 bits per heavy atom. The highest BCUT2D eigenvalue weighted by atomic mass is 16.5. The lowest BCUT2D eigenvalue weighted by Crippen LogP contribution is -2.17. The van der Waals surface area contributed by atoms with Crippen LogP contribution >= 0.6 is 0 Å². The second-order valence-electron chi connectivity index (χ2n) is 5.72. The summed E-state index contributed by atoms with van der Waals surface area (Å²) in [4.78, 5) is 0. The first-order valence-corrected chi connectivity index (χ1v) is 7.40. The van der Waals surface area contributed by atoms with E-state index in [9.17, 15) is 0 Å². The van der Waals surface area contributed by atoms with E-state index < -0.39 is 0 Å². The highest BCUT2D eigenvalue weighted by Crippen LogP contribution is 2.49. The van der Waals surface area contributed by atoms with E-state index in [2.05, 4.69) is 41.4 Å². The summed E-state index contributed by atoms with van der Waals surface area (Å²) in [5.74, 6) is 0.811. The summed E-state index contributed by atoms with van der Waals surface area (Å²) in [5, 5.41) is 16.5. The van der Waals surface area contributed by atoms with Crippen LogP contribution in [0.5, 0.6) is 5.88 Å². The molecule has 112 valence electrons. The molecule has 2 aromatic rings. The summed E-state index contributed by atoms with van der Waals surface area (Å²) in [6.07, 6.45) is 1.92. The summed E-state index contributed by atoms with van der Waals surface area (Å²) in [5.41, 5.74) is 8.08. The third-order valence-electron chi connectivity index (χ3n) is 4.12. The van der Waals surface area contributed by atoms with Gasteiger partial charge in [0, 0.05) is 6.07 Å². The third kappa shape index (κ3) is 2.78. The van der Waals surface area contributed by atoms with E-state index in [1.165, 1.54) is 5.56 Å². The zero-order chi connectivity index (χ0) is 15.6. The molecule has 5 nitrogen and oxygen atoms in total. The van der Waals surface area contributed by atoms with Gasteiger partial charge < -0.3 is 10.5 Å². The zero-order valence-corrected chi connectivity index (χ0v) is 12.5. The van der Waals surface area contributed by atoms with Crippen LogP contribution in [-0.4, -0.2) is 16.7 Å². The van der Waals surface area contributed by atoms with Crippen molar-refractivity contribution >= 4 is 0 Å². The molecule has 5 heteroatoms. The number of rotatable bonds is 5. The number of aromatic nitrogens is 2. The average Bonchev–Trinajstić information content (AvgIpc) is 3.36. The van der Waals surface area contributed by atoms with Crippen molar-refractivity contribution in [1.82, 2.24) is 10.2 Å². The van der Waals surface area contributed by atoms with Gasteiger partial charge in [-0.1, -0.05) is 31.2 Å². The van der Waals surface area contributed by atoms with Crippen molar-refractivity contribution in [3.63, 3.8) is 0 Å². The van der Waals surface area contributed by atoms with Gasteiger partial charge in [-0.15, -0.1) is 10.2 Å². The number of benzene rings is 1. The Morgan fingerprint density at radius 3 is 2.45 bits per heavy atom. The van der Waals surface area contributed by atoms with E-state index in [1.54, 1.807) is 12.1 Å². The fraction of sp³-hybridized carbons (Fsp3) is 0.353. The second-order valence-corrected chi connectivity index (χ2v) is 5.72. The molecule has 1 heterocycles. The van der Waals surface area contributed by atoms with Crippen molar-refractivity contribution < 1.29 is 4.74 Å². The molecule has 1 aliphatic rings. The molecule has 1 aliphatic carbocycles. The maximum atomic E-state index is 8.74. The molecular formula is C17H18N4O. The quantitative estimate of drug-likeness (QED) is 0.915. The number of ether oxygens (including phenoxy) is 1. The Labute approximate surface area is 129 Å². The maximum absolute atomic E-state index is 8.74. The van der Waals surface area contributed by atoms with Crippen LogP contribution in [0.15, 0.2) is 36.4 Å². The molecule has 22 heavy (non-hydrogen) atoms. The fourth-order valence-electron chi connectivity index (χ4n) is 2.45. The summed E-state index contributed by atoms with van der Waals surface area (Å²) in [7, 11) is 0. The second kappa shape index (κ2) is 5.74. The standard InChI is InChI=1S/C17H18N4O/c1-12(10-18)13-2-4-14(5-3-13)17(8-9-17)22-16-7-6-15(11-19)20-21-16/h2-7,12H,8-10,18H2,1H3. The molecule has 1 aromatic carbocycles. The van der Waals surface area contributed by atoms with Gasteiger partial charge in [-0.05, 0) is 42.5 Å². The van der Waals surface area contributed by atoms with E-state index in [0.717, 1.165) is 18.4 Å². The number of nitrogens with zero attached hydrogens (tertiary/aromatic N) is 3. The number of nitrogens with two attached hydrogens (primary N) is 1. The van der Waals surface area contributed by atoms with Gasteiger partial charge >= 0.3 is 0 Å². The monoisotopic (exact) mass is 294 g/mol. The molecule has 0 spiro atoms. The lowest BCUT2D eigenvalue weighted by atomic mass is 9.98. The van der Waals surface area contributed by atoms with Gasteiger partial charge in [-0.2, -0.15) is 5.26 Å². The van der Waals surface area contributed by atoms with Crippen LogP contribution in [0.2, 0.25) is 0 Å². The average molecular weight is 294 g/mol. The van der Waals surface area contributed by atoms with Crippen LogP contribution in [0.3, 0.4) is 0 Å². The summed E-state index contributed by atoms with van der Waals surface area (Å²) in [6, 6.07) is 13.7. The molecule has 1 atom stereocenters. The highest BCUT2D eigenvalue weighted by Gasteiger charge is 2.47. The Bertz CT molecular complexity index is 684. The van der Waals surface area contributed by atoms with Gasteiger partial charge in [-0.25, -0.2) is 0 Å². The van der Waals surface area contributed by atoms with Crippen LogP contribution in [0.1, 0.15) is 42.5 Å². The van der Waals surface area contributed by atoms with E-state index in [1.807, 2.05) is 6.07 Å². The predicted molar refractivity (Wildman–Crippen MR) is 82.2 cm³/mol. The molecular weight excluding hydrogens is 276 g/mol. The van der Waals surface area contributed by atoms with Crippen molar-refractivity contribution in [2.75, 3.05) is 6.54 Å². The van der Waals surface area contributed by atoms with Crippen molar-refractivity contribution in [2.45, 2.75) is 31.3 Å². The number of hydrogen-bond donors (Lipinski definition) is 1. The molecule has 1 fully saturated rings. The van der Waals surface area contributed by atoms with E-state index in [4.69, 9.17) is 15.7 Å². The molecule has 2 N–H and O–H groups in total. The molecule has 1 saturated carbocycles. The molecule has 0 bridgehead atoms. The Hall–Kier alpha value is -2.45. The van der Waals surface area contributed by atoms with Gasteiger partial charge in [0.2, 0.25) is 5.88 Å². The number of hydrogen-bond acceptors (Lipinski definition) is 5. The van der Waals surface area contributed by atoms with Crippen molar-refractivity contribution in [3.8, 4) is 11.9 Å².